The molecule has 2 heterocycles. The van der Waals surface area contributed by atoms with Gasteiger partial charge in [-0.15, -0.1) is 22.7 Å². The molecule has 1 atom stereocenters. The van der Waals surface area contributed by atoms with Crippen molar-refractivity contribution >= 4 is 44.3 Å². The van der Waals surface area contributed by atoms with E-state index in [9.17, 15) is 18.0 Å². The molecule has 2 aromatic heterocycles. The lowest BCUT2D eigenvalue weighted by Crippen LogP contribution is -2.41. The van der Waals surface area contributed by atoms with Crippen molar-refractivity contribution in [2.45, 2.75) is 16.0 Å². The minimum Gasteiger partial charge on any atom is -0.497 e. The molecule has 7 nitrogen and oxygen atoms in total. The third-order valence-corrected chi connectivity index (χ3v) is 8.90. The van der Waals surface area contributed by atoms with E-state index in [1.165, 1.54) is 17.4 Å². The first-order valence-corrected chi connectivity index (χ1v) is 12.2. The number of ether oxygens (including phenoxy) is 1. The number of carbonyl (C=O) groups excluding carboxylic acids is 2. The Hall–Kier alpha value is -2.69. The minimum atomic E-state index is -3.70. The molecule has 0 saturated heterocycles. The van der Waals surface area contributed by atoms with Crippen LogP contribution in [0.15, 0.2) is 63.5 Å². The summed E-state index contributed by atoms with van der Waals surface area (Å²) in [7, 11) is -2.16. The smallest absolute Gasteiger partial charge is 0.309 e. The van der Waals surface area contributed by atoms with E-state index in [1.807, 2.05) is 0 Å². The van der Waals surface area contributed by atoms with Gasteiger partial charge in [-0.25, -0.2) is 8.42 Å². The van der Waals surface area contributed by atoms with Crippen LogP contribution in [0, 0.1) is 0 Å². The van der Waals surface area contributed by atoms with Crippen LogP contribution in [-0.2, 0) is 26.0 Å². The van der Waals surface area contributed by atoms with Crippen LogP contribution in [0.5, 0.6) is 5.75 Å². The summed E-state index contributed by atoms with van der Waals surface area (Å²) in [6.45, 7) is -0.0581. The predicted molar refractivity (Wildman–Crippen MR) is 116 cm³/mol. The monoisotopic (exact) mass is 464 g/mol. The number of methoxy groups -OCH3 is 1. The molecule has 30 heavy (non-hydrogen) atoms. The molecule has 3 aromatic rings. The molecule has 0 unspecified atom stereocenters. The number of rotatable bonds is 8. The number of hydrogen-bond acceptors (Lipinski definition) is 7. The number of benzene rings is 1. The van der Waals surface area contributed by atoms with Gasteiger partial charge in [0.15, 0.2) is 9.84 Å². The first kappa shape index (κ1) is 22.0. The topological polar surface area (TPSA) is 102 Å². The maximum Gasteiger partial charge on any atom is 0.309 e. The number of thiophene rings is 2. The Labute approximate surface area is 182 Å². The second kappa shape index (κ2) is 9.88. The maximum atomic E-state index is 13.0. The summed E-state index contributed by atoms with van der Waals surface area (Å²) >= 11 is 2.41. The molecule has 0 fully saturated rings. The molecule has 0 bridgehead atoms. The summed E-state index contributed by atoms with van der Waals surface area (Å²) in [5.41, 5.74) is 0.771. The Kier molecular flexibility index (Phi) is 7.24. The van der Waals surface area contributed by atoms with Gasteiger partial charge in [-0.3, -0.25) is 9.59 Å². The Morgan fingerprint density at radius 3 is 2.40 bits per heavy atom. The third kappa shape index (κ3) is 5.26. The van der Waals surface area contributed by atoms with E-state index in [2.05, 4.69) is 10.6 Å². The van der Waals surface area contributed by atoms with Gasteiger partial charge in [0.1, 0.15) is 15.2 Å². The third-order valence-electron chi connectivity index (χ3n) is 4.25. The Morgan fingerprint density at radius 2 is 1.73 bits per heavy atom. The highest BCUT2D eigenvalue weighted by Gasteiger charge is 2.31. The van der Waals surface area contributed by atoms with Crippen molar-refractivity contribution in [2.75, 3.05) is 13.7 Å². The summed E-state index contributed by atoms with van der Waals surface area (Å²) < 4.78 is 31.3. The van der Waals surface area contributed by atoms with Crippen molar-refractivity contribution < 1.29 is 22.7 Å². The van der Waals surface area contributed by atoms with E-state index in [0.29, 0.717) is 10.6 Å². The van der Waals surface area contributed by atoms with Gasteiger partial charge in [0.25, 0.3) is 0 Å². The van der Waals surface area contributed by atoms with Crippen LogP contribution in [-0.4, -0.2) is 33.9 Å². The molecule has 2 N–H and O–H groups in total. The summed E-state index contributed by atoms with van der Waals surface area (Å²) in [6, 6.07) is 13.7. The Morgan fingerprint density at radius 1 is 1.00 bits per heavy atom. The van der Waals surface area contributed by atoms with Gasteiger partial charge in [-0.1, -0.05) is 24.3 Å². The van der Waals surface area contributed by atoms with Crippen LogP contribution in [0.2, 0.25) is 0 Å². The van der Waals surface area contributed by atoms with Gasteiger partial charge in [0.2, 0.25) is 0 Å². The van der Waals surface area contributed by atoms with E-state index in [4.69, 9.17) is 4.74 Å². The lowest BCUT2D eigenvalue weighted by Gasteiger charge is -2.16. The highest BCUT2D eigenvalue weighted by molar-refractivity contribution is 7.93. The summed E-state index contributed by atoms with van der Waals surface area (Å²) in [4.78, 5) is 25.0. The molecule has 10 heteroatoms. The van der Waals surface area contributed by atoms with E-state index in [-0.39, 0.29) is 17.3 Å². The van der Waals surface area contributed by atoms with Crippen LogP contribution in [0.1, 0.15) is 15.7 Å². The minimum absolute atomic E-state index is 0.144. The Bertz CT molecular complexity index is 1090. The Balaban J connectivity index is 1.63. The maximum absolute atomic E-state index is 13.0. The molecule has 1 aromatic carbocycles. The van der Waals surface area contributed by atoms with Gasteiger partial charge in [0.05, 0.1) is 7.11 Å². The van der Waals surface area contributed by atoms with Gasteiger partial charge >= 0.3 is 11.8 Å². The molecular formula is C20H20N2O5S3. The van der Waals surface area contributed by atoms with Gasteiger partial charge in [-0.2, -0.15) is 0 Å². The van der Waals surface area contributed by atoms with Crippen LogP contribution in [0.4, 0.5) is 0 Å². The van der Waals surface area contributed by atoms with Crippen LogP contribution in [0.3, 0.4) is 0 Å². The highest BCUT2D eigenvalue weighted by Crippen LogP contribution is 2.33. The molecule has 0 spiro atoms. The van der Waals surface area contributed by atoms with E-state index in [1.54, 1.807) is 60.3 Å². The normalized spacial score (nSPS) is 12.2. The van der Waals surface area contributed by atoms with Crippen molar-refractivity contribution in [3.8, 4) is 5.75 Å². The molecule has 158 valence electrons. The molecule has 0 radical (unpaired) electrons. The number of nitrogens with one attached hydrogen (secondary N) is 2. The van der Waals surface area contributed by atoms with Crippen molar-refractivity contribution in [1.29, 1.82) is 0 Å². The zero-order chi connectivity index (χ0) is 21.6. The van der Waals surface area contributed by atoms with Crippen LogP contribution < -0.4 is 15.4 Å². The molecule has 0 aliphatic rings. The molecule has 0 aliphatic heterocycles. The van der Waals surface area contributed by atoms with E-state index >= 15 is 0 Å². The summed E-state index contributed by atoms with van der Waals surface area (Å²) in [5, 5.41) is 7.47. The largest absolute Gasteiger partial charge is 0.497 e. The van der Waals surface area contributed by atoms with Crippen molar-refractivity contribution in [3.05, 3.63) is 69.7 Å². The lowest BCUT2D eigenvalue weighted by atomic mass is 10.2. The first-order chi connectivity index (χ1) is 14.4. The molecule has 0 aliphatic carbocycles. The number of amides is 2. The first-order valence-electron chi connectivity index (χ1n) is 8.91. The van der Waals surface area contributed by atoms with E-state index in [0.717, 1.165) is 16.9 Å². The van der Waals surface area contributed by atoms with Crippen molar-refractivity contribution in [1.82, 2.24) is 10.6 Å². The average Bonchev–Trinajstić information content (AvgIpc) is 3.46. The van der Waals surface area contributed by atoms with Crippen LogP contribution in [0.25, 0.3) is 0 Å². The fourth-order valence-electron chi connectivity index (χ4n) is 2.71. The zero-order valence-electron chi connectivity index (χ0n) is 16.0. The fourth-order valence-corrected chi connectivity index (χ4v) is 6.70. The van der Waals surface area contributed by atoms with Gasteiger partial charge < -0.3 is 15.4 Å². The number of sulfone groups is 1. The summed E-state index contributed by atoms with van der Waals surface area (Å²) in [5.74, 6) is -1.08. The fraction of sp³-hybridized carbons (Fsp3) is 0.200. The van der Waals surface area contributed by atoms with Crippen LogP contribution >= 0.6 is 22.7 Å². The number of hydrogen-bond donors (Lipinski definition) is 2. The second-order valence-electron chi connectivity index (χ2n) is 6.23. The quantitative estimate of drug-likeness (QED) is 0.499. The highest BCUT2D eigenvalue weighted by atomic mass is 32.2. The summed E-state index contributed by atoms with van der Waals surface area (Å²) in [6.07, 6.45) is 0. The predicted octanol–water partition coefficient (Wildman–Crippen LogP) is 2.77. The zero-order valence-corrected chi connectivity index (χ0v) is 18.5. The van der Waals surface area contributed by atoms with E-state index < -0.39 is 26.9 Å². The lowest BCUT2D eigenvalue weighted by molar-refractivity contribution is -0.139. The average molecular weight is 465 g/mol. The molecular weight excluding hydrogens is 444 g/mol. The number of carbonyl (C=O) groups is 2. The van der Waals surface area contributed by atoms with Gasteiger partial charge in [-0.05, 0) is 40.6 Å². The second-order valence-corrected chi connectivity index (χ2v) is 10.5. The van der Waals surface area contributed by atoms with Crippen molar-refractivity contribution in [3.63, 3.8) is 0 Å². The molecule has 0 saturated carbocycles. The van der Waals surface area contributed by atoms with Gasteiger partial charge in [0, 0.05) is 18.0 Å². The molecule has 3 rings (SSSR count). The standard InChI is InChI=1S/C20H20N2O5S3/c1-27-15-6-2-5-14(11-15)12-21-19(23)20(24)22-13-17(16-7-3-9-28-16)30(25,26)18-8-4-10-29-18/h2-11,17H,12-13H2,1H3,(H,21,23)(H,22,24)/t17-/m1/s1. The SMILES string of the molecule is COc1cccc(CNC(=O)C(=O)NC[C@H](c2cccs2)S(=O)(=O)c2cccs2)c1. The van der Waals surface area contributed by atoms with Crippen molar-refractivity contribution in [2.24, 2.45) is 0 Å². The molecule has 2 amide bonds.